The molecule has 116 valence electrons. The van der Waals surface area contributed by atoms with Gasteiger partial charge < -0.3 is 15.4 Å². The second kappa shape index (κ2) is 5.65. The molecule has 0 spiro atoms. The van der Waals surface area contributed by atoms with E-state index in [0.717, 1.165) is 29.3 Å². The van der Waals surface area contributed by atoms with Crippen molar-refractivity contribution in [1.82, 2.24) is 10.3 Å². The van der Waals surface area contributed by atoms with Gasteiger partial charge in [-0.1, -0.05) is 24.4 Å². The summed E-state index contributed by atoms with van der Waals surface area (Å²) in [5.74, 6) is -1.22. The lowest BCUT2D eigenvalue weighted by Gasteiger charge is -2.25. The zero-order valence-electron chi connectivity index (χ0n) is 12.0. The van der Waals surface area contributed by atoms with Gasteiger partial charge in [-0.15, -0.1) is 0 Å². The van der Waals surface area contributed by atoms with E-state index in [9.17, 15) is 14.7 Å². The number of carboxylic acid groups (broad SMARTS) is 1. The number of benzene rings is 1. The van der Waals surface area contributed by atoms with E-state index in [1.807, 2.05) is 6.07 Å². The molecular formula is C16H17ClN2O3. The monoisotopic (exact) mass is 320 g/mol. The van der Waals surface area contributed by atoms with Crippen LogP contribution in [-0.4, -0.2) is 27.5 Å². The Balaban J connectivity index is 1.78. The predicted molar refractivity (Wildman–Crippen MR) is 84.0 cm³/mol. The van der Waals surface area contributed by atoms with Crippen LogP contribution in [0.4, 0.5) is 0 Å². The van der Waals surface area contributed by atoms with Crippen LogP contribution in [0, 0.1) is 0 Å². The zero-order valence-corrected chi connectivity index (χ0v) is 12.7. The number of carboxylic acids is 1. The fraction of sp³-hybridized carbons (Fsp3) is 0.375. The van der Waals surface area contributed by atoms with Crippen LogP contribution in [0.3, 0.4) is 0 Å². The maximum absolute atomic E-state index is 12.3. The number of carbonyl (C=O) groups is 2. The molecule has 1 heterocycles. The predicted octanol–water partition coefficient (Wildman–Crippen LogP) is 2.88. The second-order valence-electron chi connectivity index (χ2n) is 5.82. The number of amides is 1. The molecular weight excluding hydrogens is 304 g/mol. The molecule has 1 aliphatic rings. The fourth-order valence-corrected chi connectivity index (χ4v) is 3.32. The van der Waals surface area contributed by atoms with Gasteiger partial charge in [-0.05, 0) is 36.6 Å². The minimum Gasteiger partial charge on any atom is -0.480 e. The van der Waals surface area contributed by atoms with Crippen LogP contribution in [0.25, 0.3) is 10.9 Å². The molecule has 0 atom stereocenters. The van der Waals surface area contributed by atoms with Gasteiger partial charge in [-0.3, -0.25) is 4.79 Å². The number of nitrogens with one attached hydrogen (secondary N) is 2. The molecule has 3 rings (SSSR count). The van der Waals surface area contributed by atoms with Crippen LogP contribution in [0.5, 0.6) is 0 Å². The van der Waals surface area contributed by atoms with Crippen LogP contribution in [0.1, 0.15) is 31.2 Å². The van der Waals surface area contributed by atoms with E-state index in [2.05, 4.69) is 10.3 Å². The molecule has 1 fully saturated rings. The van der Waals surface area contributed by atoms with Gasteiger partial charge in [0.25, 0.3) is 0 Å². The highest BCUT2D eigenvalue weighted by Crippen LogP contribution is 2.30. The van der Waals surface area contributed by atoms with Crippen molar-refractivity contribution in [3.63, 3.8) is 0 Å². The molecule has 0 bridgehead atoms. The molecule has 1 aromatic heterocycles. The second-order valence-corrected chi connectivity index (χ2v) is 6.26. The van der Waals surface area contributed by atoms with Gasteiger partial charge in [-0.2, -0.15) is 0 Å². The quantitative estimate of drug-likeness (QED) is 0.810. The van der Waals surface area contributed by atoms with Gasteiger partial charge >= 0.3 is 5.97 Å². The highest BCUT2D eigenvalue weighted by atomic mass is 35.5. The summed E-state index contributed by atoms with van der Waals surface area (Å²) in [6.45, 7) is 0. The van der Waals surface area contributed by atoms with Crippen LogP contribution in [-0.2, 0) is 16.0 Å². The topological polar surface area (TPSA) is 82.2 Å². The van der Waals surface area contributed by atoms with E-state index in [1.54, 1.807) is 18.3 Å². The van der Waals surface area contributed by atoms with Gasteiger partial charge in [0.1, 0.15) is 5.54 Å². The summed E-state index contributed by atoms with van der Waals surface area (Å²) in [4.78, 5) is 26.9. The van der Waals surface area contributed by atoms with Crippen molar-refractivity contribution in [3.05, 3.63) is 35.0 Å². The van der Waals surface area contributed by atoms with Crippen molar-refractivity contribution in [1.29, 1.82) is 0 Å². The number of aromatic nitrogens is 1. The fourth-order valence-electron chi connectivity index (χ4n) is 3.15. The van der Waals surface area contributed by atoms with Gasteiger partial charge in [0.15, 0.2) is 0 Å². The first-order valence-electron chi connectivity index (χ1n) is 7.30. The number of aliphatic carboxylic acids is 1. The van der Waals surface area contributed by atoms with Crippen molar-refractivity contribution in [2.24, 2.45) is 0 Å². The first-order valence-corrected chi connectivity index (χ1v) is 7.68. The lowest BCUT2D eigenvalue weighted by Crippen LogP contribution is -2.52. The minimum absolute atomic E-state index is 0.134. The maximum atomic E-state index is 12.3. The molecule has 6 heteroatoms. The van der Waals surface area contributed by atoms with E-state index in [4.69, 9.17) is 11.6 Å². The molecule has 1 aromatic carbocycles. The number of halogens is 1. The Morgan fingerprint density at radius 2 is 2.05 bits per heavy atom. The molecule has 1 saturated carbocycles. The number of carbonyl (C=O) groups excluding carboxylic acids is 1. The largest absolute Gasteiger partial charge is 0.480 e. The number of hydrogen-bond donors (Lipinski definition) is 3. The van der Waals surface area contributed by atoms with Gasteiger partial charge in [0.2, 0.25) is 5.91 Å². The first kappa shape index (κ1) is 14.9. The summed E-state index contributed by atoms with van der Waals surface area (Å²) in [5.41, 5.74) is 0.621. The number of rotatable bonds is 4. The highest BCUT2D eigenvalue weighted by molar-refractivity contribution is 6.31. The van der Waals surface area contributed by atoms with Crippen LogP contribution >= 0.6 is 11.6 Å². The third-order valence-corrected chi connectivity index (χ3v) is 4.56. The molecule has 0 unspecified atom stereocenters. The standard InChI is InChI=1S/C16H17ClN2O3/c17-11-3-4-13-12(8-11)10(9-18-13)7-14(20)19-16(15(21)22)5-1-2-6-16/h3-4,8-9,18H,1-2,5-7H2,(H,19,20)(H,21,22). The molecule has 2 aromatic rings. The lowest BCUT2D eigenvalue weighted by molar-refractivity contribution is -0.147. The number of aromatic amines is 1. The molecule has 0 aliphatic heterocycles. The summed E-state index contributed by atoms with van der Waals surface area (Å²) in [6, 6.07) is 5.44. The summed E-state index contributed by atoms with van der Waals surface area (Å²) in [6.07, 6.45) is 4.55. The average molecular weight is 321 g/mol. The minimum atomic E-state index is -1.10. The number of fused-ring (bicyclic) bond motifs is 1. The highest BCUT2D eigenvalue weighted by Gasteiger charge is 2.42. The number of hydrogen-bond acceptors (Lipinski definition) is 2. The van der Waals surface area contributed by atoms with Gasteiger partial charge in [-0.25, -0.2) is 4.79 Å². The van der Waals surface area contributed by atoms with Crippen LogP contribution in [0.2, 0.25) is 5.02 Å². The Kier molecular flexibility index (Phi) is 3.83. The maximum Gasteiger partial charge on any atom is 0.329 e. The summed E-state index contributed by atoms with van der Waals surface area (Å²) >= 11 is 5.99. The Labute approximate surface area is 132 Å². The molecule has 0 radical (unpaired) electrons. The lowest BCUT2D eigenvalue weighted by atomic mass is 9.97. The van der Waals surface area contributed by atoms with E-state index >= 15 is 0 Å². The SMILES string of the molecule is O=C(Cc1c[nH]c2ccc(Cl)cc12)NC1(C(=O)O)CCCC1. The van der Waals surface area contributed by atoms with Crippen molar-refractivity contribution >= 4 is 34.4 Å². The van der Waals surface area contributed by atoms with Gasteiger partial charge in [0.05, 0.1) is 6.42 Å². The Morgan fingerprint density at radius 1 is 1.32 bits per heavy atom. The summed E-state index contributed by atoms with van der Waals surface area (Å²) < 4.78 is 0. The molecule has 22 heavy (non-hydrogen) atoms. The third kappa shape index (κ3) is 2.68. The van der Waals surface area contributed by atoms with E-state index in [0.29, 0.717) is 17.9 Å². The smallest absolute Gasteiger partial charge is 0.329 e. The molecule has 5 nitrogen and oxygen atoms in total. The molecule has 1 aliphatic carbocycles. The van der Waals surface area contributed by atoms with Gasteiger partial charge in [0, 0.05) is 22.1 Å². The van der Waals surface area contributed by atoms with Crippen molar-refractivity contribution in [2.45, 2.75) is 37.6 Å². The van der Waals surface area contributed by atoms with Crippen molar-refractivity contribution in [2.75, 3.05) is 0 Å². The van der Waals surface area contributed by atoms with Crippen LogP contribution < -0.4 is 5.32 Å². The molecule has 0 saturated heterocycles. The van der Waals surface area contributed by atoms with Crippen molar-refractivity contribution < 1.29 is 14.7 Å². The summed E-state index contributed by atoms with van der Waals surface area (Å²) in [5, 5.41) is 13.6. The Bertz CT molecular complexity index is 732. The summed E-state index contributed by atoms with van der Waals surface area (Å²) in [7, 11) is 0. The Morgan fingerprint density at radius 3 is 2.73 bits per heavy atom. The average Bonchev–Trinajstić information content (AvgIpc) is 3.07. The third-order valence-electron chi connectivity index (χ3n) is 4.33. The normalized spacial score (nSPS) is 16.8. The number of H-pyrrole nitrogens is 1. The van der Waals surface area contributed by atoms with Crippen molar-refractivity contribution in [3.8, 4) is 0 Å². The first-order chi connectivity index (χ1) is 10.5. The van der Waals surface area contributed by atoms with E-state index in [1.165, 1.54) is 0 Å². The Hall–Kier alpha value is -2.01. The molecule has 1 amide bonds. The zero-order chi connectivity index (χ0) is 15.7. The van der Waals surface area contributed by atoms with Crippen LogP contribution in [0.15, 0.2) is 24.4 Å². The van der Waals surface area contributed by atoms with E-state index < -0.39 is 11.5 Å². The molecule has 3 N–H and O–H groups in total. The van der Waals surface area contributed by atoms with E-state index in [-0.39, 0.29) is 12.3 Å².